The van der Waals surface area contributed by atoms with Crippen molar-refractivity contribution in [2.24, 2.45) is 13.0 Å². The van der Waals surface area contributed by atoms with Gasteiger partial charge in [0.25, 0.3) is 5.56 Å². The Kier molecular flexibility index (Phi) is 6.25. The molecule has 36 heavy (non-hydrogen) atoms. The Balaban J connectivity index is 1.67. The molecule has 0 spiro atoms. The Morgan fingerprint density at radius 2 is 1.64 bits per heavy atom. The summed E-state index contributed by atoms with van der Waals surface area (Å²) >= 11 is 0. The van der Waals surface area contributed by atoms with Crippen LogP contribution < -0.4 is 16.0 Å². The molecule has 0 unspecified atom stereocenters. The van der Waals surface area contributed by atoms with Crippen molar-refractivity contribution in [3.63, 3.8) is 0 Å². The zero-order chi connectivity index (χ0) is 25.2. The second-order valence-corrected chi connectivity index (χ2v) is 9.15. The van der Waals surface area contributed by atoms with Crippen LogP contribution in [-0.4, -0.2) is 23.9 Å². The second-order valence-electron chi connectivity index (χ2n) is 9.15. The first kappa shape index (κ1) is 23.3. The first-order valence-corrected chi connectivity index (χ1v) is 11.8. The van der Waals surface area contributed by atoms with E-state index in [2.05, 4.69) is 4.98 Å². The maximum absolute atomic E-state index is 13.4. The summed E-state index contributed by atoms with van der Waals surface area (Å²) in [5.74, 6) is 1.65. The second kappa shape index (κ2) is 9.65. The lowest BCUT2D eigenvalue weighted by atomic mass is 10.1. The minimum atomic E-state index is -0.370. The number of hydrogen-bond acceptors (Lipinski definition) is 5. The predicted molar refractivity (Wildman–Crippen MR) is 139 cm³/mol. The molecule has 0 atom stereocenters. The predicted octanol–water partition coefficient (Wildman–Crippen LogP) is 4.46. The number of pyridine rings is 1. The number of aromatic nitrogens is 5. The lowest BCUT2D eigenvalue weighted by molar-refractivity contribution is 0.481. The van der Waals surface area contributed by atoms with Crippen LogP contribution in [0.1, 0.15) is 19.4 Å². The zero-order valence-electron chi connectivity index (χ0n) is 20.5. The summed E-state index contributed by atoms with van der Waals surface area (Å²) in [6.45, 7) is 4.90. The highest BCUT2D eigenvalue weighted by Crippen LogP contribution is 2.28. The van der Waals surface area contributed by atoms with Crippen LogP contribution in [0.5, 0.6) is 11.5 Å². The van der Waals surface area contributed by atoms with Crippen molar-refractivity contribution in [3.05, 3.63) is 106 Å². The average Bonchev–Trinajstić information content (AvgIpc) is 3.25. The van der Waals surface area contributed by atoms with E-state index in [0.717, 1.165) is 21.4 Å². The van der Waals surface area contributed by atoms with Gasteiger partial charge in [0.2, 0.25) is 0 Å². The molecule has 0 N–H and O–H groups in total. The maximum Gasteiger partial charge on any atom is 0.332 e. The average molecular weight is 482 g/mol. The summed E-state index contributed by atoms with van der Waals surface area (Å²) in [4.78, 5) is 30.5. The van der Waals surface area contributed by atoms with Crippen molar-refractivity contribution in [1.29, 1.82) is 0 Å². The monoisotopic (exact) mass is 481 g/mol. The quantitative estimate of drug-likeness (QED) is 0.343. The highest BCUT2D eigenvalue weighted by Gasteiger charge is 2.22. The number of rotatable bonds is 7. The molecule has 0 radical (unpaired) electrons. The van der Waals surface area contributed by atoms with Crippen LogP contribution in [0.4, 0.5) is 0 Å². The Labute approximate surface area is 208 Å². The van der Waals surface area contributed by atoms with E-state index in [1.54, 1.807) is 21.6 Å². The molecule has 0 saturated heterocycles. The van der Waals surface area contributed by atoms with Gasteiger partial charge in [0.15, 0.2) is 5.65 Å². The molecule has 3 aromatic heterocycles. The molecule has 0 amide bonds. The van der Waals surface area contributed by atoms with Crippen molar-refractivity contribution in [2.45, 2.75) is 26.9 Å². The fourth-order valence-electron chi connectivity index (χ4n) is 4.31. The van der Waals surface area contributed by atoms with Gasteiger partial charge in [-0.05, 0) is 47.9 Å². The van der Waals surface area contributed by atoms with Crippen LogP contribution in [0.3, 0.4) is 0 Å². The fraction of sp³-hybridized carbons (Fsp3) is 0.214. The molecule has 5 rings (SSSR count). The van der Waals surface area contributed by atoms with Crippen LogP contribution >= 0.6 is 0 Å². The van der Waals surface area contributed by atoms with Gasteiger partial charge in [0.05, 0.1) is 12.2 Å². The van der Waals surface area contributed by atoms with E-state index in [0.29, 0.717) is 35.6 Å². The molecule has 5 aromatic rings. The van der Waals surface area contributed by atoms with Crippen molar-refractivity contribution >= 4 is 11.0 Å². The number of benzene rings is 2. The molecular formula is C28H27N5O3. The SMILES string of the molecule is CC(C)Cn1c(=O)n(C)c(=O)c2c(-c3ccncc3)n(Cc3cccc(Oc4ccccc4)c3)nc21. The van der Waals surface area contributed by atoms with Crippen LogP contribution in [0.2, 0.25) is 0 Å². The van der Waals surface area contributed by atoms with E-state index in [-0.39, 0.29) is 17.2 Å². The maximum atomic E-state index is 13.4. The molecular weight excluding hydrogens is 454 g/mol. The third-order valence-electron chi connectivity index (χ3n) is 5.94. The normalized spacial score (nSPS) is 11.3. The van der Waals surface area contributed by atoms with Gasteiger partial charge in [-0.3, -0.25) is 23.6 Å². The molecule has 2 aromatic carbocycles. The van der Waals surface area contributed by atoms with Gasteiger partial charge in [-0.15, -0.1) is 0 Å². The van der Waals surface area contributed by atoms with Crippen LogP contribution in [0.25, 0.3) is 22.3 Å². The number of ether oxygens (including phenoxy) is 1. The van der Waals surface area contributed by atoms with Gasteiger partial charge in [-0.1, -0.05) is 44.2 Å². The Morgan fingerprint density at radius 1 is 0.917 bits per heavy atom. The van der Waals surface area contributed by atoms with Crippen molar-refractivity contribution in [1.82, 2.24) is 23.9 Å². The highest BCUT2D eigenvalue weighted by atomic mass is 16.5. The van der Waals surface area contributed by atoms with Crippen molar-refractivity contribution in [2.75, 3.05) is 0 Å². The lowest BCUT2D eigenvalue weighted by Gasteiger charge is -2.11. The summed E-state index contributed by atoms with van der Waals surface area (Å²) in [7, 11) is 1.51. The molecule has 0 fully saturated rings. The van der Waals surface area contributed by atoms with Crippen LogP contribution in [0, 0.1) is 5.92 Å². The van der Waals surface area contributed by atoms with Gasteiger partial charge in [-0.2, -0.15) is 5.10 Å². The molecule has 0 aliphatic heterocycles. The van der Waals surface area contributed by atoms with Crippen LogP contribution in [-0.2, 0) is 20.1 Å². The Bertz CT molecular complexity index is 1630. The first-order chi connectivity index (χ1) is 17.4. The summed E-state index contributed by atoms with van der Waals surface area (Å²) in [5, 5.41) is 5.24. The number of para-hydroxylation sites is 1. The summed E-state index contributed by atoms with van der Waals surface area (Å²) < 4.78 is 10.6. The molecule has 8 heteroatoms. The van der Waals surface area contributed by atoms with Crippen molar-refractivity contribution in [3.8, 4) is 22.8 Å². The summed E-state index contributed by atoms with van der Waals surface area (Å²) in [5.41, 5.74) is 2.05. The third kappa shape index (κ3) is 4.45. The molecule has 8 nitrogen and oxygen atoms in total. The summed E-state index contributed by atoms with van der Waals surface area (Å²) in [6.07, 6.45) is 3.36. The minimum absolute atomic E-state index is 0.199. The zero-order valence-corrected chi connectivity index (χ0v) is 20.5. The van der Waals surface area contributed by atoms with Gasteiger partial charge >= 0.3 is 5.69 Å². The van der Waals surface area contributed by atoms with E-state index >= 15 is 0 Å². The van der Waals surface area contributed by atoms with E-state index in [1.807, 2.05) is 80.6 Å². The van der Waals surface area contributed by atoms with E-state index in [4.69, 9.17) is 9.84 Å². The molecule has 0 saturated carbocycles. The summed E-state index contributed by atoms with van der Waals surface area (Å²) in [6, 6.07) is 21.0. The van der Waals surface area contributed by atoms with Gasteiger partial charge in [-0.25, -0.2) is 4.79 Å². The molecule has 0 bridgehead atoms. The highest BCUT2D eigenvalue weighted by molar-refractivity contribution is 5.90. The van der Waals surface area contributed by atoms with Gasteiger partial charge in [0.1, 0.15) is 16.9 Å². The third-order valence-corrected chi connectivity index (χ3v) is 5.94. The smallest absolute Gasteiger partial charge is 0.332 e. The van der Waals surface area contributed by atoms with Crippen LogP contribution in [0.15, 0.2) is 88.7 Å². The van der Waals surface area contributed by atoms with Crippen molar-refractivity contribution < 1.29 is 4.74 Å². The topological polar surface area (TPSA) is 83.9 Å². The molecule has 182 valence electrons. The van der Waals surface area contributed by atoms with Gasteiger partial charge < -0.3 is 4.74 Å². The Hall–Kier alpha value is -4.46. The van der Waals surface area contributed by atoms with Gasteiger partial charge in [0, 0.05) is 31.5 Å². The van der Waals surface area contributed by atoms with E-state index in [1.165, 1.54) is 7.05 Å². The molecule has 0 aliphatic carbocycles. The number of nitrogens with zero attached hydrogens (tertiary/aromatic N) is 5. The Morgan fingerprint density at radius 3 is 2.36 bits per heavy atom. The standard InChI is InChI=1S/C28H27N5O3/c1-19(2)17-32-26-24(27(34)31(3)28(32)35)25(21-12-14-29-15-13-21)33(30-26)18-20-8-7-11-23(16-20)36-22-9-5-4-6-10-22/h4-16,19H,17-18H2,1-3H3. The fourth-order valence-corrected chi connectivity index (χ4v) is 4.31. The largest absolute Gasteiger partial charge is 0.457 e. The first-order valence-electron chi connectivity index (χ1n) is 11.8. The lowest BCUT2D eigenvalue weighted by Crippen LogP contribution is -2.38. The van der Waals surface area contributed by atoms with E-state index < -0.39 is 0 Å². The molecule has 0 aliphatic rings. The number of fused-ring (bicyclic) bond motifs is 1. The number of hydrogen-bond donors (Lipinski definition) is 0. The minimum Gasteiger partial charge on any atom is -0.457 e. The molecule has 3 heterocycles. The van der Waals surface area contributed by atoms with E-state index in [9.17, 15) is 9.59 Å².